The number of nitrogens with one attached hydrogen (secondary N) is 1. The van der Waals surface area contributed by atoms with E-state index in [2.05, 4.69) is 15.5 Å². The Bertz CT molecular complexity index is 699. The smallest absolute Gasteiger partial charge is 0.272 e. The van der Waals surface area contributed by atoms with Crippen LogP contribution in [-0.4, -0.2) is 54.7 Å². The quantitative estimate of drug-likeness (QED) is 0.850. The second kappa shape index (κ2) is 7.68. The molecule has 1 aromatic heterocycles. The minimum atomic E-state index is -2.95. The third-order valence-corrected chi connectivity index (χ3v) is 6.86. The van der Waals surface area contributed by atoms with Crippen LogP contribution in [0.25, 0.3) is 0 Å². The molecule has 0 spiro atoms. The summed E-state index contributed by atoms with van der Waals surface area (Å²) >= 11 is 0. The molecular weight excluding hydrogens is 340 g/mol. The Balaban J connectivity index is 1.65. The Hall–Kier alpha value is -1.70. The second-order valence-electron chi connectivity index (χ2n) is 6.93. The summed E-state index contributed by atoms with van der Waals surface area (Å²) in [6, 6.07) is 3.61. The van der Waals surface area contributed by atoms with E-state index in [-0.39, 0.29) is 29.5 Å². The zero-order chi connectivity index (χ0) is 17.9. The standard InChI is InChI=1S/C17H26N4O3S/c1-2-21(14-10-11-25(23,24)12-14)16-9-8-15(19-20-16)17(22)18-13-6-4-3-5-7-13/h8-9,13-14H,2-7,10-12H2,1H3,(H,18,22). The lowest BCUT2D eigenvalue weighted by Crippen LogP contribution is -2.38. The van der Waals surface area contributed by atoms with Crippen LogP contribution >= 0.6 is 0 Å². The Kier molecular flexibility index (Phi) is 5.56. The van der Waals surface area contributed by atoms with Crippen LogP contribution < -0.4 is 10.2 Å². The Morgan fingerprint density at radius 1 is 1.20 bits per heavy atom. The summed E-state index contributed by atoms with van der Waals surface area (Å²) in [5.41, 5.74) is 0.310. The Labute approximate surface area is 149 Å². The molecule has 0 radical (unpaired) electrons. The van der Waals surface area contributed by atoms with E-state index in [1.807, 2.05) is 11.8 Å². The number of sulfone groups is 1. The van der Waals surface area contributed by atoms with Crippen molar-refractivity contribution in [1.82, 2.24) is 15.5 Å². The summed E-state index contributed by atoms with van der Waals surface area (Å²) in [7, 11) is -2.95. The van der Waals surface area contributed by atoms with E-state index in [9.17, 15) is 13.2 Å². The highest BCUT2D eigenvalue weighted by molar-refractivity contribution is 7.91. The van der Waals surface area contributed by atoms with Crippen LogP contribution in [0.5, 0.6) is 0 Å². The van der Waals surface area contributed by atoms with Crippen molar-refractivity contribution in [2.75, 3.05) is 23.0 Å². The zero-order valence-electron chi connectivity index (χ0n) is 14.6. The number of rotatable bonds is 5. The molecule has 2 fully saturated rings. The maximum Gasteiger partial charge on any atom is 0.272 e. The van der Waals surface area contributed by atoms with Gasteiger partial charge in [0.05, 0.1) is 11.5 Å². The Morgan fingerprint density at radius 2 is 1.96 bits per heavy atom. The van der Waals surface area contributed by atoms with E-state index in [1.165, 1.54) is 6.42 Å². The van der Waals surface area contributed by atoms with Gasteiger partial charge in [-0.1, -0.05) is 19.3 Å². The molecule has 1 aromatic rings. The highest BCUT2D eigenvalue weighted by Crippen LogP contribution is 2.22. The lowest BCUT2D eigenvalue weighted by Gasteiger charge is -2.27. The first-order valence-corrected chi connectivity index (χ1v) is 10.9. The van der Waals surface area contributed by atoms with Crippen LogP contribution in [0.1, 0.15) is 55.9 Å². The molecule has 1 aliphatic carbocycles. The Morgan fingerprint density at radius 3 is 2.52 bits per heavy atom. The van der Waals surface area contributed by atoms with E-state index in [0.29, 0.717) is 24.5 Å². The third-order valence-electron chi connectivity index (χ3n) is 5.11. The lowest BCUT2D eigenvalue weighted by atomic mass is 9.95. The van der Waals surface area contributed by atoms with Crippen molar-refractivity contribution in [1.29, 1.82) is 0 Å². The van der Waals surface area contributed by atoms with Gasteiger partial charge in [0, 0.05) is 18.6 Å². The van der Waals surface area contributed by atoms with Crippen molar-refractivity contribution in [2.24, 2.45) is 0 Å². The number of aromatic nitrogens is 2. The van der Waals surface area contributed by atoms with Crippen LogP contribution in [0.4, 0.5) is 5.82 Å². The van der Waals surface area contributed by atoms with Crippen LogP contribution in [0.15, 0.2) is 12.1 Å². The van der Waals surface area contributed by atoms with E-state index in [0.717, 1.165) is 25.7 Å². The molecule has 0 bridgehead atoms. The average molecular weight is 366 g/mol. The predicted octanol–water partition coefficient (Wildman–Crippen LogP) is 1.55. The molecule has 1 saturated carbocycles. The zero-order valence-corrected chi connectivity index (χ0v) is 15.5. The van der Waals surface area contributed by atoms with Gasteiger partial charge in [0.1, 0.15) is 0 Å². The third kappa shape index (κ3) is 4.48. The van der Waals surface area contributed by atoms with Crippen molar-refractivity contribution in [2.45, 2.75) is 57.5 Å². The van der Waals surface area contributed by atoms with Crippen molar-refractivity contribution in [3.05, 3.63) is 17.8 Å². The number of nitrogens with zero attached hydrogens (tertiary/aromatic N) is 3. The molecule has 7 nitrogen and oxygen atoms in total. The number of anilines is 1. The van der Waals surface area contributed by atoms with Gasteiger partial charge in [-0.3, -0.25) is 4.79 Å². The summed E-state index contributed by atoms with van der Waals surface area (Å²) in [6.45, 7) is 2.62. The fourth-order valence-electron chi connectivity index (χ4n) is 3.73. The molecule has 138 valence electrons. The molecule has 1 atom stereocenters. The maximum absolute atomic E-state index is 12.3. The van der Waals surface area contributed by atoms with E-state index >= 15 is 0 Å². The molecule has 3 rings (SSSR count). The highest BCUT2D eigenvalue weighted by atomic mass is 32.2. The maximum atomic E-state index is 12.3. The summed E-state index contributed by atoms with van der Waals surface area (Å²) in [5.74, 6) is 0.826. The largest absolute Gasteiger partial charge is 0.351 e. The van der Waals surface area contributed by atoms with Gasteiger partial charge in [0.25, 0.3) is 5.91 Å². The fraction of sp³-hybridized carbons (Fsp3) is 0.706. The number of hydrogen-bond acceptors (Lipinski definition) is 6. The lowest BCUT2D eigenvalue weighted by molar-refractivity contribution is 0.0921. The first-order chi connectivity index (χ1) is 12.0. The minimum Gasteiger partial charge on any atom is -0.351 e. The van der Waals surface area contributed by atoms with Crippen LogP contribution in [0.2, 0.25) is 0 Å². The van der Waals surface area contributed by atoms with Crippen LogP contribution in [-0.2, 0) is 9.84 Å². The molecule has 0 aromatic carbocycles. The number of hydrogen-bond donors (Lipinski definition) is 1. The topological polar surface area (TPSA) is 92.3 Å². The first kappa shape index (κ1) is 18.1. The average Bonchev–Trinajstić information content (AvgIpc) is 2.97. The SMILES string of the molecule is CCN(c1ccc(C(=O)NC2CCCCC2)nn1)C1CCS(=O)(=O)C1. The summed E-state index contributed by atoms with van der Waals surface area (Å²) in [6.07, 6.45) is 6.22. The van der Waals surface area contributed by atoms with E-state index in [1.54, 1.807) is 12.1 Å². The first-order valence-electron chi connectivity index (χ1n) is 9.10. The monoisotopic (exact) mass is 366 g/mol. The molecule has 1 aliphatic heterocycles. The molecule has 1 N–H and O–H groups in total. The number of carbonyl (C=O) groups is 1. The number of amides is 1. The van der Waals surface area contributed by atoms with Crippen LogP contribution in [0, 0.1) is 0 Å². The highest BCUT2D eigenvalue weighted by Gasteiger charge is 2.32. The fourth-order valence-corrected chi connectivity index (χ4v) is 5.46. The van der Waals surface area contributed by atoms with Gasteiger partial charge in [-0.05, 0) is 38.3 Å². The summed E-state index contributed by atoms with van der Waals surface area (Å²) in [4.78, 5) is 14.3. The van der Waals surface area contributed by atoms with Crippen molar-refractivity contribution >= 4 is 21.6 Å². The minimum absolute atomic E-state index is 0.0637. The van der Waals surface area contributed by atoms with Gasteiger partial charge < -0.3 is 10.2 Å². The van der Waals surface area contributed by atoms with Gasteiger partial charge in [-0.15, -0.1) is 10.2 Å². The molecule has 2 aliphatic rings. The van der Waals surface area contributed by atoms with Gasteiger partial charge in [-0.25, -0.2) is 8.42 Å². The molecule has 2 heterocycles. The van der Waals surface area contributed by atoms with Crippen molar-refractivity contribution < 1.29 is 13.2 Å². The van der Waals surface area contributed by atoms with Gasteiger partial charge in [0.15, 0.2) is 21.3 Å². The van der Waals surface area contributed by atoms with Crippen molar-refractivity contribution in [3.8, 4) is 0 Å². The molecule has 1 saturated heterocycles. The van der Waals surface area contributed by atoms with Gasteiger partial charge >= 0.3 is 0 Å². The molecule has 1 amide bonds. The number of carbonyl (C=O) groups excluding carboxylic acids is 1. The van der Waals surface area contributed by atoms with Gasteiger partial charge in [-0.2, -0.15) is 0 Å². The molecular formula is C17H26N4O3S. The summed E-state index contributed by atoms with van der Waals surface area (Å²) in [5, 5.41) is 11.3. The summed E-state index contributed by atoms with van der Waals surface area (Å²) < 4.78 is 23.4. The molecule has 25 heavy (non-hydrogen) atoms. The van der Waals surface area contributed by atoms with Crippen LogP contribution in [0.3, 0.4) is 0 Å². The molecule has 8 heteroatoms. The second-order valence-corrected chi connectivity index (χ2v) is 9.16. The predicted molar refractivity (Wildman–Crippen MR) is 96.5 cm³/mol. The molecule has 1 unspecified atom stereocenters. The normalized spacial score (nSPS) is 23.3. The van der Waals surface area contributed by atoms with Gasteiger partial charge in [0.2, 0.25) is 0 Å². The van der Waals surface area contributed by atoms with Crippen molar-refractivity contribution in [3.63, 3.8) is 0 Å². The van der Waals surface area contributed by atoms with E-state index in [4.69, 9.17) is 0 Å². The van der Waals surface area contributed by atoms with E-state index < -0.39 is 9.84 Å².